The number of amides is 2. The molecule has 4 nitrogen and oxygen atoms in total. The van der Waals surface area contributed by atoms with Gasteiger partial charge in [-0.2, -0.15) is 0 Å². The summed E-state index contributed by atoms with van der Waals surface area (Å²) in [4.78, 5) is 26.0. The molecular weight excluding hydrogens is 288 g/mol. The van der Waals surface area contributed by atoms with Gasteiger partial charge in [0.25, 0.3) is 5.91 Å². The fourth-order valence-corrected chi connectivity index (χ4v) is 2.79. The first kappa shape index (κ1) is 15.3. The quantitative estimate of drug-likeness (QED) is 0.938. The molecule has 0 unspecified atom stereocenters. The van der Waals surface area contributed by atoms with Crippen molar-refractivity contribution in [3.63, 3.8) is 0 Å². The van der Waals surface area contributed by atoms with Crippen LogP contribution in [0, 0.1) is 6.92 Å². The van der Waals surface area contributed by atoms with Gasteiger partial charge in [-0.1, -0.05) is 17.7 Å². The Labute approximate surface area is 136 Å². The summed E-state index contributed by atoms with van der Waals surface area (Å²) in [5.41, 5.74) is 3.31. The van der Waals surface area contributed by atoms with Crippen LogP contribution in [-0.4, -0.2) is 18.4 Å². The predicted octanol–water partition coefficient (Wildman–Crippen LogP) is 3.76. The molecule has 1 heterocycles. The SMILES string of the molecule is Cc1cccc(C(=O)Nc2ccc(N3CCCCC3=O)cc2)c1. The lowest BCUT2D eigenvalue weighted by molar-refractivity contribution is -0.119. The lowest BCUT2D eigenvalue weighted by Gasteiger charge is -2.26. The van der Waals surface area contributed by atoms with E-state index in [9.17, 15) is 9.59 Å². The molecule has 0 radical (unpaired) electrons. The van der Waals surface area contributed by atoms with Gasteiger partial charge in [0, 0.05) is 29.9 Å². The van der Waals surface area contributed by atoms with Crippen molar-refractivity contribution in [3.8, 4) is 0 Å². The number of carbonyl (C=O) groups excluding carboxylic acids is 2. The molecule has 4 heteroatoms. The van der Waals surface area contributed by atoms with Gasteiger partial charge in [-0.25, -0.2) is 0 Å². The van der Waals surface area contributed by atoms with Crippen molar-refractivity contribution >= 4 is 23.2 Å². The second-order valence-corrected chi connectivity index (χ2v) is 5.87. The Bertz CT molecular complexity index is 722. The van der Waals surface area contributed by atoms with E-state index in [0.717, 1.165) is 36.3 Å². The molecule has 0 bridgehead atoms. The van der Waals surface area contributed by atoms with E-state index in [2.05, 4.69) is 5.32 Å². The molecule has 0 aromatic heterocycles. The van der Waals surface area contributed by atoms with Crippen molar-refractivity contribution in [1.29, 1.82) is 0 Å². The van der Waals surface area contributed by atoms with Gasteiger partial charge in [-0.05, 0) is 56.2 Å². The molecule has 1 aliphatic rings. The summed E-state index contributed by atoms with van der Waals surface area (Å²) in [6.45, 7) is 2.73. The molecule has 0 saturated carbocycles. The van der Waals surface area contributed by atoms with Crippen LogP contribution in [0.1, 0.15) is 35.2 Å². The van der Waals surface area contributed by atoms with Gasteiger partial charge in [0.05, 0.1) is 0 Å². The van der Waals surface area contributed by atoms with Gasteiger partial charge >= 0.3 is 0 Å². The lowest BCUT2D eigenvalue weighted by Crippen LogP contribution is -2.35. The van der Waals surface area contributed by atoms with Crippen molar-refractivity contribution < 1.29 is 9.59 Å². The van der Waals surface area contributed by atoms with Crippen LogP contribution in [0.3, 0.4) is 0 Å². The van der Waals surface area contributed by atoms with E-state index in [-0.39, 0.29) is 11.8 Å². The van der Waals surface area contributed by atoms with Crippen molar-refractivity contribution in [3.05, 3.63) is 59.7 Å². The van der Waals surface area contributed by atoms with Gasteiger partial charge in [0.15, 0.2) is 0 Å². The third-order valence-electron chi connectivity index (χ3n) is 4.04. The van der Waals surface area contributed by atoms with Gasteiger partial charge in [0.1, 0.15) is 0 Å². The molecule has 3 rings (SSSR count). The van der Waals surface area contributed by atoms with Crippen LogP contribution in [0.15, 0.2) is 48.5 Å². The Morgan fingerprint density at radius 2 is 1.87 bits per heavy atom. The molecule has 2 aromatic rings. The van der Waals surface area contributed by atoms with Gasteiger partial charge in [-0.3, -0.25) is 9.59 Å². The van der Waals surface area contributed by atoms with Crippen LogP contribution in [0.2, 0.25) is 0 Å². The fourth-order valence-electron chi connectivity index (χ4n) is 2.79. The molecular formula is C19H20N2O2. The van der Waals surface area contributed by atoms with Crippen molar-refractivity contribution in [2.45, 2.75) is 26.2 Å². The first-order chi connectivity index (χ1) is 11.1. The van der Waals surface area contributed by atoms with Crippen LogP contribution < -0.4 is 10.2 Å². The number of benzene rings is 2. The maximum atomic E-state index is 12.2. The summed E-state index contributed by atoms with van der Waals surface area (Å²) in [5, 5.41) is 2.88. The molecule has 2 amide bonds. The molecule has 1 N–H and O–H groups in total. The number of anilines is 2. The average molecular weight is 308 g/mol. The van der Waals surface area contributed by atoms with Gasteiger partial charge in [-0.15, -0.1) is 0 Å². The zero-order chi connectivity index (χ0) is 16.2. The molecule has 1 saturated heterocycles. The van der Waals surface area contributed by atoms with Crippen molar-refractivity contribution in [2.24, 2.45) is 0 Å². The smallest absolute Gasteiger partial charge is 0.255 e. The van der Waals surface area contributed by atoms with Crippen LogP contribution in [0.4, 0.5) is 11.4 Å². The number of aryl methyl sites for hydroxylation is 1. The lowest BCUT2D eigenvalue weighted by atomic mass is 10.1. The van der Waals surface area contributed by atoms with Gasteiger partial charge in [0.2, 0.25) is 5.91 Å². The number of nitrogens with zero attached hydrogens (tertiary/aromatic N) is 1. The fraction of sp³-hybridized carbons (Fsp3) is 0.263. The summed E-state index contributed by atoms with van der Waals surface area (Å²) in [5.74, 6) is 0.0447. The minimum atomic E-state index is -0.129. The second-order valence-electron chi connectivity index (χ2n) is 5.87. The maximum Gasteiger partial charge on any atom is 0.255 e. The third-order valence-corrected chi connectivity index (χ3v) is 4.04. The molecule has 0 spiro atoms. The van der Waals surface area contributed by atoms with E-state index in [1.54, 1.807) is 6.07 Å². The predicted molar refractivity (Wildman–Crippen MR) is 91.8 cm³/mol. The molecule has 23 heavy (non-hydrogen) atoms. The third kappa shape index (κ3) is 3.59. The minimum absolute atomic E-state index is 0.129. The van der Waals surface area contributed by atoms with E-state index in [0.29, 0.717) is 12.0 Å². The largest absolute Gasteiger partial charge is 0.322 e. The summed E-state index contributed by atoms with van der Waals surface area (Å²) >= 11 is 0. The van der Waals surface area contributed by atoms with Crippen LogP contribution >= 0.6 is 0 Å². The Kier molecular flexibility index (Phi) is 4.42. The number of nitrogens with one attached hydrogen (secondary N) is 1. The number of carbonyl (C=O) groups is 2. The first-order valence-electron chi connectivity index (χ1n) is 7.92. The number of piperidine rings is 1. The van der Waals surface area contributed by atoms with Crippen molar-refractivity contribution in [1.82, 2.24) is 0 Å². The van der Waals surface area contributed by atoms with E-state index in [1.165, 1.54) is 0 Å². The van der Waals surface area contributed by atoms with Crippen LogP contribution in [0.5, 0.6) is 0 Å². The molecule has 0 atom stereocenters. The highest BCUT2D eigenvalue weighted by molar-refractivity contribution is 6.04. The molecule has 2 aromatic carbocycles. The Hall–Kier alpha value is -2.62. The number of rotatable bonds is 3. The standard InChI is InChI=1S/C19H20N2O2/c1-14-5-4-6-15(13-14)19(23)20-16-8-10-17(11-9-16)21-12-3-2-7-18(21)22/h4-6,8-11,13H,2-3,7,12H2,1H3,(H,20,23). The molecule has 0 aliphatic carbocycles. The summed E-state index contributed by atoms with van der Waals surface area (Å²) in [6, 6.07) is 14.9. The Morgan fingerprint density at radius 1 is 1.09 bits per heavy atom. The highest BCUT2D eigenvalue weighted by atomic mass is 16.2. The summed E-state index contributed by atoms with van der Waals surface area (Å²) in [7, 11) is 0. The Morgan fingerprint density at radius 3 is 2.57 bits per heavy atom. The van der Waals surface area contributed by atoms with E-state index in [1.807, 2.05) is 54.3 Å². The molecule has 1 aliphatic heterocycles. The molecule has 118 valence electrons. The van der Waals surface area contributed by atoms with Gasteiger partial charge < -0.3 is 10.2 Å². The summed E-state index contributed by atoms with van der Waals surface area (Å²) < 4.78 is 0. The molecule has 1 fully saturated rings. The second kappa shape index (κ2) is 6.65. The van der Waals surface area contributed by atoms with E-state index < -0.39 is 0 Å². The first-order valence-corrected chi connectivity index (χ1v) is 7.92. The number of hydrogen-bond donors (Lipinski definition) is 1. The average Bonchev–Trinajstić information content (AvgIpc) is 2.56. The van der Waals surface area contributed by atoms with Crippen LogP contribution in [-0.2, 0) is 4.79 Å². The zero-order valence-electron chi connectivity index (χ0n) is 13.2. The Balaban J connectivity index is 1.70. The maximum absolute atomic E-state index is 12.2. The zero-order valence-corrected chi connectivity index (χ0v) is 13.2. The highest BCUT2D eigenvalue weighted by Crippen LogP contribution is 2.23. The monoisotopic (exact) mass is 308 g/mol. The summed E-state index contributed by atoms with van der Waals surface area (Å²) in [6.07, 6.45) is 2.63. The topological polar surface area (TPSA) is 49.4 Å². The van der Waals surface area contributed by atoms with E-state index >= 15 is 0 Å². The highest BCUT2D eigenvalue weighted by Gasteiger charge is 2.19. The van der Waals surface area contributed by atoms with E-state index in [4.69, 9.17) is 0 Å². The minimum Gasteiger partial charge on any atom is -0.322 e. The number of hydrogen-bond acceptors (Lipinski definition) is 2. The normalized spacial score (nSPS) is 14.7. The van der Waals surface area contributed by atoms with Crippen molar-refractivity contribution in [2.75, 3.05) is 16.8 Å². The van der Waals surface area contributed by atoms with Crippen LogP contribution in [0.25, 0.3) is 0 Å².